The van der Waals surface area contributed by atoms with Gasteiger partial charge in [-0.05, 0) is 64.5 Å². The molecule has 5 nitrogen and oxygen atoms in total. The Hall–Kier alpha value is -1.46. The number of likely N-dealkylation sites (tertiary alicyclic amines) is 2. The highest BCUT2D eigenvalue weighted by molar-refractivity contribution is 5.71. The minimum Gasteiger partial charge on any atom is -0.306 e. The van der Waals surface area contributed by atoms with E-state index in [1.165, 1.54) is 44.7 Å². The Morgan fingerprint density at radius 1 is 1.23 bits per heavy atom. The van der Waals surface area contributed by atoms with Crippen LogP contribution in [0.3, 0.4) is 0 Å². The number of pyridine rings is 1. The van der Waals surface area contributed by atoms with Gasteiger partial charge in [0.2, 0.25) is 0 Å². The summed E-state index contributed by atoms with van der Waals surface area (Å²) in [4.78, 5) is 14.4. The molecule has 4 rings (SSSR count). The van der Waals surface area contributed by atoms with E-state index in [2.05, 4.69) is 39.5 Å². The normalized spacial score (nSPS) is 27.2. The Labute approximate surface area is 131 Å². The number of aromatic nitrogens is 3. The van der Waals surface area contributed by atoms with Crippen LogP contribution in [0.25, 0.3) is 11.2 Å². The van der Waals surface area contributed by atoms with Crippen molar-refractivity contribution in [3.05, 3.63) is 24.2 Å². The summed E-state index contributed by atoms with van der Waals surface area (Å²) in [7, 11) is 4.44. The third-order valence-electron chi connectivity index (χ3n) is 5.26. The summed E-state index contributed by atoms with van der Waals surface area (Å²) in [5, 5.41) is 0. The lowest BCUT2D eigenvalue weighted by Crippen LogP contribution is -2.26. The molecule has 2 fully saturated rings. The summed E-state index contributed by atoms with van der Waals surface area (Å²) in [5.74, 6) is 1.96. The van der Waals surface area contributed by atoms with Gasteiger partial charge in [-0.2, -0.15) is 0 Å². The molecule has 2 atom stereocenters. The summed E-state index contributed by atoms with van der Waals surface area (Å²) < 4.78 is 2.42. The van der Waals surface area contributed by atoms with Crippen molar-refractivity contribution in [3.8, 4) is 0 Å². The molecule has 0 radical (unpaired) electrons. The average molecular weight is 299 g/mol. The maximum atomic E-state index is 4.94. The lowest BCUT2D eigenvalue weighted by molar-refractivity contribution is 0.235. The van der Waals surface area contributed by atoms with Crippen LogP contribution >= 0.6 is 0 Å². The van der Waals surface area contributed by atoms with Gasteiger partial charge in [0.15, 0.2) is 5.65 Å². The molecule has 22 heavy (non-hydrogen) atoms. The molecule has 118 valence electrons. The van der Waals surface area contributed by atoms with E-state index < -0.39 is 0 Å². The van der Waals surface area contributed by atoms with Gasteiger partial charge in [0, 0.05) is 19.2 Å². The van der Waals surface area contributed by atoms with Gasteiger partial charge >= 0.3 is 0 Å². The maximum absolute atomic E-state index is 4.94. The number of fused-ring (bicyclic) bond motifs is 1. The minimum absolute atomic E-state index is 0.425. The van der Waals surface area contributed by atoms with Gasteiger partial charge in [0.05, 0.1) is 6.17 Å². The van der Waals surface area contributed by atoms with Gasteiger partial charge in [0.1, 0.15) is 11.3 Å². The predicted molar refractivity (Wildman–Crippen MR) is 87.7 cm³/mol. The predicted octanol–water partition coefficient (Wildman–Crippen LogP) is 2.15. The second-order valence-corrected chi connectivity index (χ2v) is 6.97. The minimum atomic E-state index is 0.425. The molecule has 4 heterocycles. The first-order valence-corrected chi connectivity index (χ1v) is 8.43. The van der Waals surface area contributed by atoms with Crippen molar-refractivity contribution < 1.29 is 0 Å². The second kappa shape index (κ2) is 5.63. The summed E-state index contributed by atoms with van der Waals surface area (Å²) in [6.45, 7) is 3.58. The van der Waals surface area contributed by atoms with E-state index in [0.717, 1.165) is 23.5 Å². The third kappa shape index (κ3) is 2.42. The number of hydrogen-bond acceptors (Lipinski definition) is 4. The van der Waals surface area contributed by atoms with Crippen LogP contribution < -0.4 is 0 Å². The molecule has 0 aliphatic carbocycles. The molecule has 0 spiro atoms. The van der Waals surface area contributed by atoms with Crippen molar-refractivity contribution in [2.75, 3.05) is 33.7 Å². The van der Waals surface area contributed by atoms with E-state index in [-0.39, 0.29) is 0 Å². The van der Waals surface area contributed by atoms with Crippen LogP contribution in [0.4, 0.5) is 0 Å². The summed E-state index contributed by atoms with van der Waals surface area (Å²) in [6.07, 6.45) is 7.14. The van der Waals surface area contributed by atoms with Crippen molar-refractivity contribution in [1.29, 1.82) is 0 Å². The number of rotatable bonds is 3. The zero-order valence-corrected chi connectivity index (χ0v) is 13.6. The Morgan fingerprint density at radius 2 is 2.14 bits per heavy atom. The highest BCUT2D eigenvalue weighted by Crippen LogP contribution is 2.31. The van der Waals surface area contributed by atoms with Gasteiger partial charge in [-0.15, -0.1) is 0 Å². The van der Waals surface area contributed by atoms with Crippen molar-refractivity contribution in [2.24, 2.45) is 5.92 Å². The first-order chi connectivity index (χ1) is 10.7. The summed E-state index contributed by atoms with van der Waals surface area (Å²) in [5.41, 5.74) is 2.10. The SMILES string of the molecule is CN1CCC(Cc2nc3cccnc3n2C2CCCN2C)C1. The van der Waals surface area contributed by atoms with Crippen LogP contribution in [-0.4, -0.2) is 58.1 Å². The fraction of sp³-hybridized carbons (Fsp3) is 0.647. The molecule has 2 aromatic rings. The lowest BCUT2D eigenvalue weighted by atomic mass is 10.0. The quantitative estimate of drug-likeness (QED) is 0.870. The van der Waals surface area contributed by atoms with Crippen LogP contribution in [0, 0.1) is 5.92 Å². The van der Waals surface area contributed by atoms with Crippen LogP contribution in [0.15, 0.2) is 18.3 Å². The van der Waals surface area contributed by atoms with Gasteiger partial charge in [0.25, 0.3) is 0 Å². The third-order valence-corrected chi connectivity index (χ3v) is 5.26. The van der Waals surface area contributed by atoms with Crippen molar-refractivity contribution in [1.82, 2.24) is 24.3 Å². The number of nitrogens with zero attached hydrogens (tertiary/aromatic N) is 5. The number of hydrogen-bond donors (Lipinski definition) is 0. The largest absolute Gasteiger partial charge is 0.306 e. The molecule has 2 aromatic heterocycles. The monoisotopic (exact) mass is 299 g/mol. The molecule has 0 aromatic carbocycles. The molecule has 2 aliphatic heterocycles. The topological polar surface area (TPSA) is 37.2 Å². The molecule has 2 unspecified atom stereocenters. The van der Waals surface area contributed by atoms with Crippen LogP contribution in [0.5, 0.6) is 0 Å². The Balaban J connectivity index is 1.73. The van der Waals surface area contributed by atoms with Crippen molar-refractivity contribution in [3.63, 3.8) is 0 Å². The highest BCUT2D eigenvalue weighted by atomic mass is 15.3. The molecule has 0 bridgehead atoms. The van der Waals surface area contributed by atoms with E-state index in [9.17, 15) is 0 Å². The van der Waals surface area contributed by atoms with Gasteiger partial charge in [-0.3, -0.25) is 9.47 Å². The van der Waals surface area contributed by atoms with E-state index in [0.29, 0.717) is 6.17 Å². The smallest absolute Gasteiger partial charge is 0.161 e. The summed E-state index contributed by atoms with van der Waals surface area (Å²) in [6, 6.07) is 4.09. The molecule has 2 saturated heterocycles. The molecule has 5 heteroatoms. The fourth-order valence-electron chi connectivity index (χ4n) is 4.10. The van der Waals surface area contributed by atoms with Gasteiger partial charge in [-0.1, -0.05) is 0 Å². The maximum Gasteiger partial charge on any atom is 0.161 e. The van der Waals surface area contributed by atoms with E-state index in [4.69, 9.17) is 4.98 Å². The van der Waals surface area contributed by atoms with Crippen molar-refractivity contribution in [2.45, 2.75) is 31.8 Å². The van der Waals surface area contributed by atoms with E-state index in [1.54, 1.807) is 0 Å². The van der Waals surface area contributed by atoms with Crippen LogP contribution in [0.2, 0.25) is 0 Å². The molecular weight excluding hydrogens is 274 g/mol. The van der Waals surface area contributed by atoms with Crippen molar-refractivity contribution >= 4 is 11.2 Å². The van der Waals surface area contributed by atoms with E-state index >= 15 is 0 Å². The average Bonchev–Trinajstić information content (AvgIpc) is 3.18. The molecule has 0 saturated carbocycles. The van der Waals surface area contributed by atoms with E-state index in [1.807, 2.05) is 12.3 Å². The Bertz CT molecular complexity index is 664. The standard InChI is InChI=1S/C17H25N5/c1-20-10-7-13(12-20)11-15-19-14-5-3-8-18-17(14)22(15)16-6-4-9-21(16)2/h3,5,8,13,16H,4,6-7,9-12H2,1-2H3. The zero-order valence-electron chi connectivity index (χ0n) is 13.6. The van der Waals surface area contributed by atoms with Gasteiger partial charge in [-0.25, -0.2) is 9.97 Å². The molecule has 2 aliphatic rings. The second-order valence-electron chi connectivity index (χ2n) is 6.97. The van der Waals surface area contributed by atoms with Gasteiger partial charge < -0.3 is 4.90 Å². The zero-order chi connectivity index (χ0) is 15.1. The molecule has 0 N–H and O–H groups in total. The Kier molecular flexibility index (Phi) is 3.62. The highest BCUT2D eigenvalue weighted by Gasteiger charge is 2.29. The molecule has 0 amide bonds. The Morgan fingerprint density at radius 3 is 2.86 bits per heavy atom. The van der Waals surface area contributed by atoms with Crippen LogP contribution in [-0.2, 0) is 6.42 Å². The first-order valence-electron chi connectivity index (χ1n) is 8.43. The lowest BCUT2D eigenvalue weighted by Gasteiger charge is -2.24. The fourth-order valence-corrected chi connectivity index (χ4v) is 4.10. The first kappa shape index (κ1) is 14.2. The molecular formula is C17H25N5. The van der Waals surface area contributed by atoms with Crippen LogP contribution in [0.1, 0.15) is 31.3 Å². The number of imidazole rings is 1. The summed E-state index contributed by atoms with van der Waals surface area (Å²) >= 11 is 0.